The lowest BCUT2D eigenvalue weighted by molar-refractivity contribution is -0.245. The first kappa shape index (κ1) is 25.8. The lowest BCUT2D eigenvalue weighted by atomic mass is 10.1. The maximum absolute atomic E-state index is 12.5. The Kier molecular flexibility index (Phi) is 7.24. The molecule has 1 aromatic carbocycles. The minimum Gasteiger partial charge on any atom is -0.756 e. The molecule has 3 aromatic rings. The van der Waals surface area contributed by atoms with Gasteiger partial charge >= 0.3 is 0 Å². The molecule has 2 saturated heterocycles. The molecule has 36 heavy (non-hydrogen) atoms. The number of aliphatic hydroxyl groups excluding tert-OH is 1. The number of nitrogens with two attached hydrogens (primary N) is 1. The highest BCUT2D eigenvalue weighted by molar-refractivity contribution is 7.99. The number of H-pyrrole nitrogens is 1. The van der Waals surface area contributed by atoms with Crippen LogP contribution in [-0.2, 0) is 18.3 Å². The van der Waals surface area contributed by atoms with Gasteiger partial charge in [0.15, 0.2) is 28.3 Å². The van der Waals surface area contributed by atoms with Crippen molar-refractivity contribution in [2.45, 2.75) is 36.1 Å². The number of aromatic amines is 1. The molecule has 4 N–H and O–H groups in total. The summed E-state index contributed by atoms with van der Waals surface area (Å²) < 4.78 is 34.3. The van der Waals surface area contributed by atoms with Gasteiger partial charge < -0.3 is 34.3 Å². The van der Waals surface area contributed by atoms with Gasteiger partial charge in [-0.15, -0.1) is 0 Å². The number of aliphatic hydroxyl groups is 1. The van der Waals surface area contributed by atoms with E-state index in [-0.39, 0.29) is 23.7 Å². The Hall–Kier alpha value is -1.87. The summed E-state index contributed by atoms with van der Waals surface area (Å²) in [6.07, 6.45) is -4.12. The first-order valence-corrected chi connectivity index (χ1v) is 13.8. The number of thioether (sulfide) groups is 1. The molecule has 0 spiro atoms. The Balaban J connectivity index is 1.37. The van der Waals surface area contributed by atoms with Gasteiger partial charge in [-0.1, -0.05) is 41.0 Å². The van der Waals surface area contributed by atoms with Crippen LogP contribution in [-0.4, -0.2) is 61.9 Å². The molecule has 194 valence electrons. The second-order valence-electron chi connectivity index (χ2n) is 7.86. The number of phosphoric acid groups is 1. The number of aromatic nitrogens is 4. The molecule has 2 aliphatic rings. The van der Waals surface area contributed by atoms with E-state index in [1.165, 1.54) is 16.3 Å². The fraction of sp³-hybridized carbons (Fsp3) is 0.421. The van der Waals surface area contributed by atoms with Crippen molar-refractivity contribution in [3.63, 3.8) is 0 Å². The van der Waals surface area contributed by atoms with Crippen molar-refractivity contribution in [2.75, 3.05) is 24.7 Å². The van der Waals surface area contributed by atoms with Crippen LogP contribution in [0.1, 0.15) is 12.6 Å². The maximum atomic E-state index is 12.5. The molecule has 2 aliphatic heterocycles. The zero-order valence-electron chi connectivity index (χ0n) is 18.2. The Morgan fingerprint density at radius 3 is 2.86 bits per heavy atom. The summed E-state index contributed by atoms with van der Waals surface area (Å²) in [6, 6.07) is 5.05. The predicted molar refractivity (Wildman–Crippen MR) is 128 cm³/mol. The number of hydrogen-bond acceptors (Lipinski definition) is 12. The molecule has 5 rings (SSSR count). The van der Waals surface area contributed by atoms with Crippen LogP contribution < -0.4 is 20.9 Å². The van der Waals surface area contributed by atoms with E-state index in [1.807, 2.05) is 0 Å². The van der Waals surface area contributed by atoms with E-state index in [9.17, 15) is 19.4 Å². The highest BCUT2D eigenvalue weighted by Gasteiger charge is 2.51. The van der Waals surface area contributed by atoms with Crippen molar-refractivity contribution < 1.29 is 33.1 Å². The summed E-state index contributed by atoms with van der Waals surface area (Å²) in [6.45, 7) is -0.0364. The van der Waals surface area contributed by atoms with E-state index in [0.717, 1.165) is 0 Å². The van der Waals surface area contributed by atoms with Crippen molar-refractivity contribution in [2.24, 2.45) is 0 Å². The normalized spacial score (nSPS) is 27.9. The van der Waals surface area contributed by atoms with Crippen LogP contribution >= 0.6 is 42.8 Å². The quantitative estimate of drug-likeness (QED) is 0.209. The van der Waals surface area contributed by atoms with Gasteiger partial charge in [-0.2, -0.15) is 4.98 Å². The molecular formula is C19H19Cl2N5O8PS-. The summed E-state index contributed by atoms with van der Waals surface area (Å²) in [7, 11) is -4.57. The molecule has 0 bridgehead atoms. The smallest absolute Gasteiger partial charge is 0.280 e. The molecule has 4 heterocycles. The Labute approximate surface area is 217 Å². The van der Waals surface area contributed by atoms with Crippen molar-refractivity contribution in [3.8, 4) is 5.75 Å². The lowest BCUT2D eigenvalue weighted by Crippen LogP contribution is -2.41. The van der Waals surface area contributed by atoms with Gasteiger partial charge in [0.05, 0.1) is 23.3 Å². The van der Waals surface area contributed by atoms with Gasteiger partial charge in [-0.05, 0) is 18.6 Å². The Bertz CT molecular complexity index is 1390. The minimum atomic E-state index is -4.57. The minimum absolute atomic E-state index is 0.0249. The third-order valence-electron chi connectivity index (χ3n) is 5.43. The van der Waals surface area contributed by atoms with Gasteiger partial charge in [-0.3, -0.25) is 18.9 Å². The molecule has 2 aromatic heterocycles. The van der Waals surface area contributed by atoms with E-state index in [0.29, 0.717) is 39.7 Å². The molecule has 3 unspecified atom stereocenters. The van der Waals surface area contributed by atoms with Crippen molar-refractivity contribution >= 4 is 59.9 Å². The maximum Gasteiger partial charge on any atom is 0.280 e. The fourth-order valence-corrected chi connectivity index (χ4v) is 6.26. The predicted octanol–water partition coefficient (Wildman–Crippen LogP) is 1.71. The molecular weight excluding hydrogens is 560 g/mol. The van der Waals surface area contributed by atoms with Crippen LogP contribution in [0.15, 0.2) is 28.2 Å². The van der Waals surface area contributed by atoms with E-state index in [2.05, 4.69) is 19.5 Å². The largest absolute Gasteiger partial charge is 0.756 e. The molecule has 17 heteroatoms. The van der Waals surface area contributed by atoms with Crippen LogP contribution in [0.2, 0.25) is 10.0 Å². The van der Waals surface area contributed by atoms with E-state index < -0.39 is 37.9 Å². The number of nitrogens with zero attached hydrogens (tertiary/aromatic N) is 3. The van der Waals surface area contributed by atoms with Crippen molar-refractivity contribution in [1.29, 1.82) is 0 Å². The summed E-state index contributed by atoms with van der Waals surface area (Å²) in [4.78, 5) is 35.1. The van der Waals surface area contributed by atoms with E-state index >= 15 is 0 Å². The molecule has 13 nitrogen and oxygen atoms in total. The summed E-state index contributed by atoms with van der Waals surface area (Å²) in [5, 5.41) is 12.0. The summed E-state index contributed by atoms with van der Waals surface area (Å²) >= 11 is 13.5. The summed E-state index contributed by atoms with van der Waals surface area (Å²) in [5.41, 5.74) is 5.19. The fourth-order valence-electron chi connectivity index (χ4n) is 3.87. The number of hydrogen-bond donors (Lipinski definition) is 3. The molecule has 5 atom stereocenters. The number of nitrogen functional groups attached to an aromatic ring is 1. The highest BCUT2D eigenvalue weighted by atomic mass is 35.5. The van der Waals surface area contributed by atoms with E-state index in [4.69, 9.17) is 42.9 Å². The van der Waals surface area contributed by atoms with Crippen molar-refractivity contribution in [3.05, 3.63) is 38.6 Å². The first-order valence-electron chi connectivity index (χ1n) is 10.6. The zero-order chi connectivity index (χ0) is 25.6. The van der Waals surface area contributed by atoms with Crippen LogP contribution in [0, 0.1) is 0 Å². The number of benzene rings is 1. The highest BCUT2D eigenvalue weighted by Crippen LogP contribution is 2.50. The number of imidazole rings is 1. The molecule has 0 aliphatic carbocycles. The van der Waals surface area contributed by atoms with E-state index in [1.54, 1.807) is 18.2 Å². The Morgan fingerprint density at radius 2 is 2.11 bits per heavy atom. The first-order chi connectivity index (χ1) is 17.1. The summed E-state index contributed by atoms with van der Waals surface area (Å²) in [5.74, 6) is 0.695. The monoisotopic (exact) mass is 578 g/mol. The zero-order valence-corrected chi connectivity index (χ0v) is 21.4. The second kappa shape index (κ2) is 10.1. The number of fused-ring (bicyclic) bond motifs is 2. The number of ether oxygens (including phenoxy) is 2. The average Bonchev–Trinajstić information content (AvgIpc) is 3.32. The van der Waals surface area contributed by atoms with Crippen LogP contribution in [0.25, 0.3) is 11.2 Å². The molecule has 0 saturated carbocycles. The van der Waals surface area contributed by atoms with Crippen LogP contribution in [0.4, 0.5) is 5.95 Å². The topological polar surface area (TPSA) is 187 Å². The molecule has 0 radical (unpaired) electrons. The van der Waals surface area contributed by atoms with Crippen LogP contribution in [0.3, 0.4) is 0 Å². The standard InChI is InChI=1S/C19H20Cl2N5O8PS/c20-8-3-1-4-9(21)13(8)31-5-2-6-36-19-23-11-15(24-18(22)25-16(11)28)26(19)17-12(27)14-10(33-17)7-32-35(29,30)34-14/h1,3-4,10,12,14,17,27H,2,5-7H2,(H,29,30)(H3,22,24,25,28)/p-1/t10?,12?,14-,17-/m1/s1. The number of nitrogens with one attached hydrogen (secondary N) is 1. The van der Waals surface area contributed by atoms with Gasteiger partial charge in [0.2, 0.25) is 5.95 Å². The van der Waals surface area contributed by atoms with Gasteiger partial charge in [-0.25, -0.2) is 4.98 Å². The third kappa shape index (κ3) is 4.97. The number of phosphoric ester groups is 1. The van der Waals surface area contributed by atoms with Gasteiger partial charge in [0, 0.05) is 5.75 Å². The number of para-hydroxylation sites is 1. The van der Waals surface area contributed by atoms with Gasteiger partial charge in [0.25, 0.3) is 13.4 Å². The SMILES string of the molecule is Nc1nc2c(nc(SCCCOc3c(Cl)cccc3Cl)n2[C@@H]2OC3COP(=O)([O-])O[C@H]3C2O)c(=O)[nH]1. The second-order valence-corrected chi connectivity index (χ2v) is 11.1. The third-order valence-corrected chi connectivity index (χ3v) is 8.03. The molecule has 0 amide bonds. The number of anilines is 1. The lowest BCUT2D eigenvalue weighted by Gasteiger charge is -2.34. The van der Waals surface area contributed by atoms with Crippen molar-refractivity contribution in [1.82, 2.24) is 19.5 Å². The Morgan fingerprint density at radius 1 is 1.36 bits per heavy atom. The average molecular weight is 579 g/mol. The number of rotatable bonds is 7. The van der Waals surface area contributed by atoms with Gasteiger partial charge in [0.1, 0.15) is 18.3 Å². The van der Waals surface area contributed by atoms with Crippen LogP contribution in [0.5, 0.6) is 5.75 Å². The molecule has 2 fully saturated rings. The number of halogens is 2.